The fourth-order valence-electron chi connectivity index (χ4n) is 1.86. The average Bonchev–Trinajstić information content (AvgIpc) is 3.17. The number of nitrogens with one attached hydrogen (secondary N) is 1. The second-order valence-corrected chi connectivity index (χ2v) is 6.78. The lowest BCUT2D eigenvalue weighted by atomic mass is 10.2. The number of aromatic nitrogens is 1. The molecule has 0 atom stereocenters. The number of likely N-dealkylation sites (N-methyl/N-ethyl adjacent to an activating group) is 1. The van der Waals surface area contributed by atoms with Crippen LogP contribution in [0.15, 0.2) is 23.2 Å². The van der Waals surface area contributed by atoms with E-state index in [9.17, 15) is 13.2 Å². The Morgan fingerprint density at radius 3 is 2.75 bits per heavy atom. The molecular weight excluding hydrogens is 306 g/mol. The second-order valence-electron chi connectivity index (χ2n) is 4.68. The number of amides is 1. The van der Waals surface area contributed by atoms with Gasteiger partial charge in [0, 0.05) is 19.8 Å². The van der Waals surface area contributed by atoms with E-state index in [1.54, 1.807) is 0 Å². The molecule has 1 saturated carbocycles. The predicted octanol–water partition coefficient (Wildman–Crippen LogP) is 1.16. The quantitative estimate of drug-likeness (QED) is 0.793. The third kappa shape index (κ3) is 2.87. The highest BCUT2D eigenvalue weighted by Gasteiger charge is 2.49. The minimum atomic E-state index is -3.81. The molecule has 0 unspecified atom stereocenters. The normalized spacial score (nSPS) is 16.7. The summed E-state index contributed by atoms with van der Waals surface area (Å²) in [7, 11) is -2.38. The Kier molecular flexibility index (Phi) is 3.90. The SMILES string of the molecule is CN(C(=O)O)C1(CNS(=O)(=O)c2cccnc2Cl)CC1. The summed E-state index contributed by atoms with van der Waals surface area (Å²) in [5.74, 6) is 0. The molecule has 1 fully saturated rings. The predicted molar refractivity (Wildman–Crippen MR) is 72.2 cm³/mol. The van der Waals surface area contributed by atoms with Crippen molar-refractivity contribution in [3.8, 4) is 0 Å². The molecule has 1 aliphatic rings. The maximum absolute atomic E-state index is 12.1. The molecule has 2 rings (SSSR count). The fraction of sp³-hybridized carbons (Fsp3) is 0.455. The zero-order valence-electron chi connectivity index (χ0n) is 10.7. The first-order chi connectivity index (χ1) is 9.28. The molecule has 1 amide bonds. The van der Waals surface area contributed by atoms with Crippen molar-refractivity contribution < 1.29 is 18.3 Å². The van der Waals surface area contributed by atoms with E-state index in [1.165, 1.54) is 25.4 Å². The summed E-state index contributed by atoms with van der Waals surface area (Å²) in [5, 5.41) is 8.85. The molecule has 110 valence electrons. The van der Waals surface area contributed by atoms with Gasteiger partial charge in [-0.15, -0.1) is 0 Å². The van der Waals surface area contributed by atoms with Gasteiger partial charge in [-0.05, 0) is 25.0 Å². The molecule has 0 radical (unpaired) electrons. The summed E-state index contributed by atoms with van der Waals surface area (Å²) >= 11 is 5.75. The lowest BCUT2D eigenvalue weighted by Gasteiger charge is -2.25. The van der Waals surface area contributed by atoms with Gasteiger partial charge in [0.1, 0.15) is 10.0 Å². The molecule has 0 bridgehead atoms. The van der Waals surface area contributed by atoms with Crippen molar-refractivity contribution in [2.75, 3.05) is 13.6 Å². The fourth-order valence-corrected chi connectivity index (χ4v) is 3.43. The van der Waals surface area contributed by atoms with E-state index >= 15 is 0 Å². The number of hydrogen-bond donors (Lipinski definition) is 2. The zero-order valence-corrected chi connectivity index (χ0v) is 12.3. The van der Waals surface area contributed by atoms with Crippen LogP contribution in [-0.4, -0.2) is 48.6 Å². The first kappa shape index (κ1) is 15.0. The van der Waals surface area contributed by atoms with E-state index in [0.29, 0.717) is 12.8 Å². The summed E-state index contributed by atoms with van der Waals surface area (Å²) < 4.78 is 26.6. The second kappa shape index (κ2) is 5.19. The van der Waals surface area contributed by atoms with E-state index in [0.717, 1.165) is 4.90 Å². The monoisotopic (exact) mass is 319 g/mol. The number of halogens is 1. The van der Waals surface area contributed by atoms with Crippen molar-refractivity contribution in [3.63, 3.8) is 0 Å². The van der Waals surface area contributed by atoms with Crippen LogP contribution in [0, 0.1) is 0 Å². The van der Waals surface area contributed by atoms with Crippen molar-refractivity contribution in [2.45, 2.75) is 23.3 Å². The van der Waals surface area contributed by atoms with Crippen LogP contribution in [0.1, 0.15) is 12.8 Å². The van der Waals surface area contributed by atoms with Crippen molar-refractivity contribution in [3.05, 3.63) is 23.5 Å². The van der Waals surface area contributed by atoms with E-state index in [-0.39, 0.29) is 16.6 Å². The Labute approximate surface area is 121 Å². The number of pyridine rings is 1. The zero-order chi connectivity index (χ0) is 15.0. The van der Waals surface area contributed by atoms with Gasteiger partial charge in [0.15, 0.2) is 0 Å². The van der Waals surface area contributed by atoms with Crippen molar-refractivity contribution >= 4 is 27.7 Å². The maximum Gasteiger partial charge on any atom is 0.407 e. The minimum absolute atomic E-state index is 0.0172. The molecule has 9 heteroatoms. The lowest BCUT2D eigenvalue weighted by Crippen LogP contribution is -2.46. The lowest BCUT2D eigenvalue weighted by molar-refractivity contribution is 0.133. The molecule has 0 spiro atoms. The van der Waals surface area contributed by atoms with Crippen molar-refractivity contribution in [1.82, 2.24) is 14.6 Å². The van der Waals surface area contributed by atoms with Crippen molar-refractivity contribution in [2.24, 2.45) is 0 Å². The molecule has 1 aliphatic carbocycles. The largest absolute Gasteiger partial charge is 0.465 e. The molecule has 7 nitrogen and oxygen atoms in total. The van der Waals surface area contributed by atoms with Crippen LogP contribution in [0.5, 0.6) is 0 Å². The van der Waals surface area contributed by atoms with Crippen molar-refractivity contribution in [1.29, 1.82) is 0 Å². The van der Waals surface area contributed by atoms with E-state index < -0.39 is 21.7 Å². The Hall–Kier alpha value is -1.38. The number of nitrogens with zero attached hydrogens (tertiary/aromatic N) is 2. The van der Waals surface area contributed by atoms with Gasteiger partial charge >= 0.3 is 6.09 Å². The van der Waals surface area contributed by atoms with E-state index in [1.807, 2.05) is 0 Å². The number of carbonyl (C=O) groups is 1. The average molecular weight is 320 g/mol. The summed E-state index contributed by atoms with van der Waals surface area (Å²) in [6.07, 6.45) is 1.56. The standard InChI is InChI=1S/C11H14ClN3O4S/c1-15(10(16)17)11(4-5-11)7-14-20(18,19)8-3-2-6-13-9(8)12/h2-3,6,14H,4-5,7H2,1H3,(H,16,17). The summed E-state index contributed by atoms with van der Waals surface area (Å²) in [6.45, 7) is 0.0172. The van der Waals surface area contributed by atoms with Gasteiger partial charge in [-0.2, -0.15) is 0 Å². The molecule has 0 aliphatic heterocycles. The van der Waals surface area contributed by atoms with Gasteiger partial charge in [-0.25, -0.2) is 22.9 Å². The smallest absolute Gasteiger partial charge is 0.407 e. The molecule has 1 aromatic rings. The van der Waals surface area contributed by atoms with Crippen LogP contribution in [0.2, 0.25) is 5.15 Å². The molecule has 1 aromatic heterocycles. The summed E-state index contributed by atoms with van der Waals surface area (Å²) in [4.78, 5) is 15.7. The summed E-state index contributed by atoms with van der Waals surface area (Å²) in [6, 6.07) is 2.81. The van der Waals surface area contributed by atoms with Crippen LogP contribution in [-0.2, 0) is 10.0 Å². The molecule has 2 N–H and O–H groups in total. The number of carboxylic acid groups (broad SMARTS) is 1. The van der Waals surface area contributed by atoms with Gasteiger partial charge in [0.2, 0.25) is 10.0 Å². The third-order valence-corrected chi connectivity index (χ3v) is 5.28. The van der Waals surface area contributed by atoms with E-state index in [2.05, 4.69) is 9.71 Å². The van der Waals surface area contributed by atoms with Crippen LogP contribution < -0.4 is 4.72 Å². The van der Waals surface area contributed by atoms with E-state index in [4.69, 9.17) is 16.7 Å². The van der Waals surface area contributed by atoms with Crippen LogP contribution in [0.3, 0.4) is 0 Å². The van der Waals surface area contributed by atoms with Gasteiger partial charge in [-0.3, -0.25) is 0 Å². The first-order valence-corrected chi connectivity index (χ1v) is 7.72. The molecule has 20 heavy (non-hydrogen) atoms. The third-order valence-electron chi connectivity index (χ3n) is 3.43. The van der Waals surface area contributed by atoms with Gasteiger partial charge in [0.05, 0.1) is 5.54 Å². The molecular formula is C11H14ClN3O4S. The highest BCUT2D eigenvalue weighted by molar-refractivity contribution is 7.89. The maximum atomic E-state index is 12.1. The highest BCUT2D eigenvalue weighted by Crippen LogP contribution is 2.40. The highest BCUT2D eigenvalue weighted by atomic mass is 35.5. The van der Waals surface area contributed by atoms with Crippen LogP contribution >= 0.6 is 11.6 Å². The molecule has 0 aromatic carbocycles. The number of rotatable bonds is 5. The Bertz CT molecular complexity index is 630. The Morgan fingerprint density at radius 1 is 1.60 bits per heavy atom. The van der Waals surface area contributed by atoms with Crippen LogP contribution in [0.25, 0.3) is 0 Å². The van der Waals surface area contributed by atoms with Gasteiger partial charge < -0.3 is 10.0 Å². The van der Waals surface area contributed by atoms with Gasteiger partial charge in [-0.1, -0.05) is 11.6 Å². The first-order valence-electron chi connectivity index (χ1n) is 5.85. The topological polar surface area (TPSA) is 99.6 Å². The minimum Gasteiger partial charge on any atom is -0.465 e. The summed E-state index contributed by atoms with van der Waals surface area (Å²) in [5.41, 5.74) is -0.659. The Morgan fingerprint density at radius 2 is 2.25 bits per heavy atom. The van der Waals surface area contributed by atoms with Gasteiger partial charge in [0.25, 0.3) is 0 Å². The molecule has 0 saturated heterocycles. The van der Waals surface area contributed by atoms with Crippen LogP contribution in [0.4, 0.5) is 4.79 Å². The number of hydrogen-bond acceptors (Lipinski definition) is 4. The Balaban J connectivity index is 2.12. The number of sulfonamides is 1. The molecule has 1 heterocycles.